The number of hydrogen-bond donors (Lipinski definition) is 3. The molecule has 0 saturated carbocycles. The van der Waals surface area contributed by atoms with Gasteiger partial charge in [-0.15, -0.1) is 10.3 Å². The number of anilines is 1. The summed E-state index contributed by atoms with van der Waals surface area (Å²) in [5, 5.41) is 4.36. The molecule has 1 aromatic carbocycles. The number of hydrogen-bond acceptors (Lipinski definition) is 6. The summed E-state index contributed by atoms with van der Waals surface area (Å²) >= 11 is 0. The van der Waals surface area contributed by atoms with Crippen LogP contribution in [0.1, 0.15) is 5.56 Å². The Morgan fingerprint density at radius 1 is 1.53 bits per heavy atom. The van der Waals surface area contributed by atoms with Crippen molar-refractivity contribution < 1.29 is 17.4 Å². The molecule has 3 N–H and O–H groups in total. The van der Waals surface area contributed by atoms with E-state index >= 15 is 0 Å². The van der Waals surface area contributed by atoms with E-state index in [9.17, 15) is 12.8 Å². The molecule has 1 radical (unpaired) electrons. The van der Waals surface area contributed by atoms with Crippen LogP contribution in [0.5, 0.6) is 0 Å². The van der Waals surface area contributed by atoms with Crippen LogP contribution in [0.3, 0.4) is 0 Å². The first-order chi connectivity index (χ1) is 8.86. The average Bonchev–Trinajstić information content (AvgIpc) is 2.30. The smallest absolute Gasteiger partial charge is 0.282 e. The number of nitrogens with zero attached hydrogens (tertiary/aromatic N) is 2. The highest BCUT2D eigenvalue weighted by Gasteiger charge is 2.13. The molecular weight excluding hydrogens is 275 g/mol. The minimum absolute atomic E-state index is 0.276. The topological polar surface area (TPSA) is 94.0 Å². The summed E-state index contributed by atoms with van der Waals surface area (Å²) in [6, 6.07) is 3.96. The number of nitrogens with one attached hydrogen (secondary N) is 2. The van der Waals surface area contributed by atoms with Gasteiger partial charge in [0.25, 0.3) is 10.1 Å². The fourth-order valence-electron chi connectivity index (χ4n) is 1.35. The molecule has 1 heterocycles. The Hall–Kier alpha value is -2.13. The number of hydrazine groups is 2. The lowest BCUT2D eigenvalue weighted by molar-refractivity contribution is 0.271. The molecule has 7 nitrogen and oxygen atoms in total. The van der Waals surface area contributed by atoms with Gasteiger partial charge in [-0.05, 0) is 24.6 Å². The van der Waals surface area contributed by atoms with Crippen molar-refractivity contribution in [1.82, 2.24) is 10.7 Å². The molecule has 2 rings (SSSR count). The van der Waals surface area contributed by atoms with Crippen LogP contribution in [0.2, 0.25) is 0 Å². The molecule has 0 aromatic heterocycles. The van der Waals surface area contributed by atoms with Crippen molar-refractivity contribution >= 4 is 21.8 Å². The first-order valence-corrected chi connectivity index (χ1v) is 6.54. The van der Waals surface area contributed by atoms with E-state index in [0.717, 1.165) is 11.3 Å². The maximum atomic E-state index is 12.9. The van der Waals surface area contributed by atoms with Crippen LogP contribution >= 0.6 is 0 Å². The van der Waals surface area contributed by atoms with E-state index in [-0.39, 0.29) is 4.90 Å². The second-order valence-corrected chi connectivity index (χ2v) is 5.12. The van der Waals surface area contributed by atoms with Crippen LogP contribution in [0.15, 0.2) is 34.3 Å². The van der Waals surface area contributed by atoms with Gasteiger partial charge in [-0.3, -0.25) is 15.4 Å². The van der Waals surface area contributed by atoms with E-state index in [2.05, 4.69) is 22.2 Å². The second-order valence-electron chi connectivity index (χ2n) is 3.70. The molecule has 0 aliphatic carbocycles. The van der Waals surface area contributed by atoms with Crippen molar-refractivity contribution in [2.75, 3.05) is 5.43 Å². The van der Waals surface area contributed by atoms with Gasteiger partial charge in [0.1, 0.15) is 0 Å². The van der Waals surface area contributed by atoms with Gasteiger partial charge in [0.15, 0.2) is 0 Å². The van der Waals surface area contributed by atoms with E-state index in [1.54, 1.807) is 6.92 Å². The lowest BCUT2D eigenvalue weighted by Crippen LogP contribution is -2.37. The highest BCUT2D eigenvalue weighted by Crippen LogP contribution is 2.20. The molecule has 1 aromatic rings. The van der Waals surface area contributed by atoms with Gasteiger partial charge >= 0.3 is 0 Å². The molecule has 0 unspecified atom stereocenters. The molecule has 0 bridgehead atoms. The van der Waals surface area contributed by atoms with Gasteiger partial charge in [0.2, 0.25) is 5.97 Å². The fraction of sp³-hybridized carbons (Fsp3) is 0.100. The molecule has 101 valence electrons. The Balaban J connectivity index is 2.28. The number of allylic oxidation sites excluding steroid dienone is 1. The highest BCUT2D eigenvalue weighted by molar-refractivity contribution is 7.85. The first kappa shape index (κ1) is 13.3. The van der Waals surface area contributed by atoms with Crippen molar-refractivity contribution in [1.29, 1.82) is 0 Å². The summed E-state index contributed by atoms with van der Waals surface area (Å²) in [5.74, 6) is -0.769. The van der Waals surface area contributed by atoms with Crippen LogP contribution in [-0.2, 0) is 10.1 Å². The summed E-state index contributed by atoms with van der Waals surface area (Å²) in [7, 11) is -4.30. The summed E-state index contributed by atoms with van der Waals surface area (Å²) in [5.41, 5.74) is 6.11. The molecule has 1 aliphatic rings. The predicted molar refractivity (Wildman–Crippen MR) is 65.9 cm³/mol. The number of hydrazone groups is 1. The number of halogens is 1. The molecule has 0 spiro atoms. The van der Waals surface area contributed by atoms with Gasteiger partial charge in [-0.1, -0.05) is 6.07 Å². The summed E-state index contributed by atoms with van der Waals surface area (Å²) in [6.45, 7) is 1.71. The predicted octanol–water partition coefficient (Wildman–Crippen LogP) is 0.989. The maximum Gasteiger partial charge on any atom is 0.294 e. The molecular formula is C10H10FN4O3S. The summed E-state index contributed by atoms with van der Waals surface area (Å²) in [6.07, 6.45) is 3.38. The number of aryl methyl sites for hydroxylation is 1. The summed E-state index contributed by atoms with van der Waals surface area (Å²) in [4.78, 5) is -0.276. The minimum atomic E-state index is -4.30. The van der Waals surface area contributed by atoms with Gasteiger partial charge < -0.3 is 0 Å². The lowest BCUT2D eigenvalue weighted by Gasteiger charge is -2.22. The van der Waals surface area contributed by atoms with Crippen LogP contribution in [0.25, 0.3) is 0 Å². The van der Waals surface area contributed by atoms with E-state index in [1.807, 2.05) is 0 Å². The Bertz CT molecular complexity index is 657. The van der Waals surface area contributed by atoms with Crippen molar-refractivity contribution in [3.63, 3.8) is 0 Å². The van der Waals surface area contributed by atoms with Gasteiger partial charge in [-0.25, -0.2) is 0 Å². The van der Waals surface area contributed by atoms with Crippen molar-refractivity contribution in [3.05, 3.63) is 36.0 Å². The average molecular weight is 285 g/mol. The monoisotopic (exact) mass is 285 g/mol. The number of benzene rings is 1. The highest BCUT2D eigenvalue weighted by atomic mass is 32.2. The van der Waals surface area contributed by atoms with E-state index < -0.39 is 16.1 Å². The third-order valence-corrected chi connectivity index (χ3v) is 3.14. The van der Waals surface area contributed by atoms with E-state index in [1.165, 1.54) is 18.2 Å². The maximum absolute atomic E-state index is 12.9. The minimum Gasteiger partial charge on any atom is -0.282 e. The standard InChI is InChI=1S/C10H10FN4O3S/c1-7-2-3-8(19(16,17)18)6-9(7)13-15-12-5-4-10(11)14-15/h2-4,6,12-13H,1H3,(H,16,17,18). The quantitative estimate of drug-likeness (QED) is 0.717. The first-order valence-electron chi connectivity index (χ1n) is 5.10. The van der Waals surface area contributed by atoms with Crippen LogP contribution in [-0.4, -0.2) is 24.2 Å². The van der Waals surface area contributed by atoms with Crippen molar-refractivity contribution in [2.45, 2.75) is 11.8 Å². The molecule has 19 heavy (non-hydrogen) atoms. The Morgan fingerprint density at radius 2 is 2.26 bits per heavy atom. The zero-order valence-corrected chi connectivity index (χ0v) is 10.6. The molecule has 9 heteroatoms. The molecule has 0 saturated heterocycles. The molecule has 0 fully saturated rings. The lowest BCUT2D eigenvalue weighted by atomic mass is 10.2. The van der Waals surface area contributed by atoms with Gasteiger partial charge in [0, 0.05) is 6.08 Å². The van der Waals surface area contributed by atoms with Crippen molar-refractivity contribution in [3.8, 4) is 0 Å². The molecule has 0 atom stereocenters. The van der Waals surface area contributed by atoms with Crippen molar-refractivity contribution in [2.24, 2.45) is 5.10 Å². The second kappa shape index (κ2) is 4.86. The summed E-state index contributed by atoms with van der Waals surface area (Å²) < 4.78 is 43.9. The van der Waals surface area contributed by atoms with Crippen LogP contribution < -0.4 is 10.9 Å². The van der Waals surface area contributed by atoms with Crippen LogP contribution in [0.4, 0.5) is 10.1 Å². The molecule has 1 aliphatic heterocycles. The Morgan fingerprint density at radius 3 is 2.89 bits per heavy atom. The SMILES string of the molecule is Cc1ccc(S(=O)(=O)O)cc1NN1N=C(F)C=[C]N1. The third-order valence-electron chi connectivity index (χ3n) is 2.29. The van der Waals surface area contributed by atoms with Gasteiger partial charge in [-0.2, -0.15) is 12.8 Å². The molecule has 0 amide bonds. The third kappa shape index (κ3) is 3.20. The zero-order chi connectivity index (χ0) is 14.0. The Kier molecular flexibility index (Phi) is 3.40. The van der Waals surface area contributed by atoms with Gasteiger partial charge in [0.05, 0.1) is 16.8 Å². The van der Waals surface area contributed by atoms with E-state index in [0.29, 0.717) is 11.3 Å². The number of rotatable bonds is 3. The Labute approximate surface area is 109 Å². The van der Waals surface area contributed by atoms with Crippen LogP contribution in [0, 0.1) is 13.1 Å². The largest absolute Gasteiger partial charge is 0.294 e. The normalized spacial score (nSPS) is 14.9. The van der Waals surface area contributed by atoms with E-state index in [4.69, 9.17) is 4.55 Å². The zero-order valence-electron chi connectivity index (χ0n) is 9.75. The fourth-order valence-corrected chi connectivity index (χ4v) is 1.86.